The molecule has 2 atom stereocenters. The van der Waals surface area contributed by atoms with E-state index in [-0.39, 0.29) is 17.7 Å². The first kappa shape index (κ1) is 23.1. The van der Waals surface area contributed by atoms with Gasteiger partial charge in [-0.3, -0.25) is 9.69 Å². The van der Waals surface area contributed by atoms with E-state index in [1.807, 2.05) is 66.7 Å². The number of allylic oxidation sites excluding steroid dienone is 1. The van der Waals surface area contributed by atoms with Crippen molar-refractivity contribution in [3.8, 4) is 0 Å². The van der Waals surface area contributed by atoms with Crippen molar-refractivity contribution in [3.05, 3.63) is 125 Å². The molecule has 0 saturated heterocycles. The summed E-state index contributed by atoms with van der Waals surface area (Å²) in [6.45, 7) is 0. The standard InChI is InChI=1S/C30H24ClN3O3/c31-21-12-14-22(15-13-21)32-30(36)34-25-10-5-4-9-23(25)33-24-17-20(27-11-6-16-37-27)18-26(35)28(24)29(34)19-7-2-1-3-8-19/h1-16,20,29,33H,17-18H2,(H,32,36)/t20-,29-/m1/s1. The maximum atomic E-state index is 14.0. The number of urea groups is 1. The Kier molecular flexibility index (Phi) is 6.02. The fourth-order valence-electron chi connectivity index (χ4n) is 5.21. The van der Waals surface area contributed by atoms with Crippen molar-refractivity contribution in [2.75, 3.05) is 15.5 Å². The quantitative estimate of drug-likeness (QED) is 0.299. The second kappa shape index (κ2) is 9.64. The molecular formula is C30H24ClN3O3. The lowest BCUT2D eigenvalue weighted by molar-refractivity contribution is -0.116. The summed E-state index contributed by atoms with van der Waals surface area (Å²) in [4.78, 5) is 29.5. The first-order chi connectivity index (χ1) is 18.1. The fourth-order valence-corrected chi connectivity index (χ4v) is 5.33. The van der Waals surface area contributed by atoms with Crippen LogP contribution in [0.4, 0.5) is 21.9 Å². The molecule has 2 heterocycles. The molecule has 37 heavy (non-hydrogen) atoms. The summed E-state index contributed by atoms with van der Waals surface area (Å²) in [5, 5.41) is 7.10. The van der Waals surface area contributed by atoms with Gasteiger partial charge in [-0.1, -0.05) is 54.1 Å². The van der Waals surface area contributed by atoms with Crippen LogP contribution in [0.2, 0.25) is 5.02 Å². The number of hydrogen-bond acceptors (Lipinski definition) is 4. The van der Waals surface area contributed by atoms with Gasteiger partial charge in [0.15, 0.2) is 5.78 Å². The number of para-hydroxylation sites is 2. The number of benzene rings is 3. The van der Waals surface area contributed by atoms with Crippen molar-refractivity contribution in [2.45, 2.75) is 24.8 Å². The van der Waals surface area contributed by atoms with Crippen LogP contribution in [0.3, 0.4) is 0 Å². The number of hydrogen-bond donors (Lipinski definition) is 2. The van der Waals surface area contributed by atoms with Crippen molar-refractivity contribution >= 4 is 40.5 Å². The van der Waals surface area contributed by atoms with Crippen molar-refractivity contribution in [1.82, 2.24) is 0 Å². The molecule has 3 aromatic carbocycles. The molecule has 0 saturated carbocycles. The highest BCUT2D eigenvalue weighted by molar-refractivity contribution is 6.30. The van der Waals surface area contributed by atoms with E-state index in [4.69, 9.17) is 16.0 Å². The van der Waals surface area contributed by atoms with E-state index in [1.165, 1.54) is 0 Å². The van der Waals surface area contributed by atoms with Crippen LogP contribution in [-0.2, 0) is 4.79 Å². The van der Waals surface area contributed by atoms with E-state index in [1.54, 1.807) is 35.4 Å². The maximum Gasteiger partial charge on any atom is 0.327 e. The molecule has 1 aromatic heterocycles. The van der Waals surface area contributed by atoms with E-state index in [0.717, 1.165) is 22.7 Å². The summed E-state index contributed by atoms with van der Waals surface area (Å²) in [6.07, 6.45) is 2.54. The summed E-state index contributed by atoms with van der Waals surface area (Å²) in [5.41, 5.74) is 4.30. The van der Waals surface area contributed by atoms with E-state index < -0.39 is 6.04 Å². The molecule has 0 bridgehead atoms. The Morgan fingerprint density at radius 1 is 0.919 bits per heavy atom. The smallest absolute Gasteiger partial charge is 0.327 e. The summed E-state index contributed by atoms with van der Waals surface area (Å²) in [7, 11) is 0. The van der Waals surface area contributed by atoms with Gasteiger partial charge in [-0.2, -0.15) is 0 Å². The van der Waals surface area contributed by atoms with E-state index >= 15 is 0 Å². The molecule has 0 radical (unpaired) electrons. The number of nitrogens with one attached hydrogen (secondary N) is 2. The van der Waals surface area contributed by atoms with Crippen LogP contribution in [0.15, 0.2) is 113 Å². The second-order valence-corrected chi connectivity index (χ2v) is 9.63. The SMILES string of the molecule is O=C1C[C@H](c2ccco2)CC2=C1[C@@H](c1ccccc1)N(C(=O)Nc1ccc(Cl)cc1)c1ccccc1N2. The Morgan fingerprint density at radius 3 is 2.43 bits per heavy atom. The van der Waals surface area contributed by atoms with Crippen LogP contribution in [0, 0.1) is 0 Å². The number of Topliss-reactive ketones (excluding diaryl/α,β-unsaturated/α-hetero) is 1. The first-order valence-corrected chi connectivity index (χ1v) is 12.5. The highest BCUT2D eigenvalue weighted by Gasteiger charge is 2.42. The van der Waals surface area contributed by atoms with E-state index in [9.17, 15) is 9.59 Å². The summed E-state index contributed by atoms with van der Waals surface area (Å²) >= 11 is 6.05. The number of carbonyl (C=O) groups is 2. The minimum absolute atomic E-state index is 0.0129. The van der Waals surface area contributed by atoms with Crippen molar-refractivity contribution in [1.29, 1.82) is 0 Å². The Bertz CT molecular complexity index is 1480. The van der Waals surface area contributed by atoms with Crippen LogP contribution < -0.4 is 15.5 Å². The predicted octanol–water partition coefficient (Wildman–Crippen LogP) is 7.54. The molecule has 0 spiro atoms. The van der Waals surface area contributed by atoms with Crippen LogP contribution >= 0.6 is 11.6 Å². The van der Waals surface area contributed by atoms with Gasteiger partial charge < -0.3 is 15.1 Å². The molecule has 1 aliphatic carbocycles. The lowest BCUT2D eigenvalue weighted by Crippen LogP contribution is -2.41. The number of ketones is 1. The highest BCUT2D eigenvalue weighted by atomic mass is 35.5. The Labute approximate surface area is 219 Å². The van der Waals surface area contributed by atoms with Gasteiger partial charge in [-0.15, -0.1) is 0 Å². The van der Waals surface area contributed by atoms with Crippen LogP contribution in [-0.4, -0.2) is 11.8 Å². The average Bonchev–Trinajstić information content (AvgIpc) is 3.40. The largest absolute Gasteiger partial charge is 0.469 e. The number of rotatable bonds is 3. The molecule has 1 aliphatic heterocycles. The number of amides is 2. The summed E-state index contributed by atoms with van der Waals surface area (Å²) in [5.74, 6) is 0.695. The second-order valence-electron chi connectivity index (χ2n) is 9.20. The third-order valence-electron chi connectivity index (χ3n) is 6.86. The Hall–Kier alpha value is -4.29. The highest BCUT2D eigenvalue weighted by Crippen LogP contribution is 2.47. The third-order valence-corrected chi connectivity index (χ3v) is 7.12. The maximum absolute atomic E-state index is 14.0. The minimum Gasteiger partial charge on any atom is -0.469 e. The Morgan fingerprint density at radius 2 is 1.68 bits per heavy atom. The lowest BCUT2D eigenvalue weighted by Gasteiger charge is -2.34. The Balaban J connectivity index is 1.50. The number of furan rings is 1. The normalized spacial score (nSPS) is 18.9. The van der Waals surface area contributed by atoms with Gasteiger partial charge in [0.1, 0.15) is 5.76 Å². The molecule has 2 N–H and O–H groups in total. The number of carbonyl (C=O) groups excluding carboxylic acids is 2. The van der Waals surface area contributed by atoms with Gasteiger partial charge in [0.05, 0.1) is 23.7 Å². The molecular weight excluding hydrogens is 486 g/mol. The summed E-state index contributed by atoms with van der Waals surface area (Å²) in [6, 6.07) is 27.1. The molecule has 4 aromatic rings. The van der Waals surface area contributed by atoms with Crippen LogP contribution in [0.5, 0.6) is 0 Å². The molecule has 2 amide bonds. The zero-order valence-corrected chi connectivity index (χ0v) is 20.6. The van der Waals surface area contributed by atoms with Gasteiger partial charge in [0, 0.05) is 34.3 Å². The van der Waals surface area contributed by atoms with E-state index in [2.05, 4.69) is 10.6 Å². The molecule has 0 fully saturated rings. The van der Waals surface area contributed by atoms with Crippen LogP contribution in [0.25, 0.3) is 0 Å². The molecule has 6 rings (SSSR count). The number of anilines is 3. The molecule has 0 unspecified atom stereocenters. The van der Waals surface area contributed by atoms with Gasteiger partial charge in [0.25, 0.3) is 0 Å². The predicted molar refractivity (Wildman–Crippen MR) is 145 cm³/mol. The molecule has 7 heteroatoms. The minimum atomic E-state index is -0.621. The zero-order valence-electron chi connectivity index (χ0n) is 19.9. The third kappa shape index (κ3) is 4.41. The monoisotopic (exact) mass is 509 g/mol. The van der Waals surface area contributed by atoms with E-state index in [0.29, 0.717) is 34.8 Å². The fraction of sp³-hybridized carbons (Fsp3) is 0.133. The average molecular weight is 510 g/mol. The number of nitrogens with zero attached hydrogens (tertiary/aromatic N) is 1. The summed E-state index contributed by atoms with van der Waals surface area (Å²) < 4.78 is 5.66. The zero-order chi connectivity index (χ0) is 25.4. The molecule has 2 aliphatic rings. The molecule has 6 nitrogen and oxygen atoms in total. The van der Waals surface area contributed by atoms with Crippen molar-refractivity contribution in [3.63, 3.8) is 0 Å². The lowest BCUT2D eigenvalue weighted by atomic mass is 9.80. The number of fused-ring (bicyclic) bond motifs is 1. The first-order valence-electron chi connectivity index (χ1n) is 12.1. The number of halogens is 1. The van der Waals surface area contributed by atoms with Crippen LogP contribution in [0.1, 0.15) is 36.1 Å². The van der Waals surface area contributed by atoms with Gasteiger partial charge >= 0.3 is 6.03 Å². The topological polar surface area (TPSA) is 74.6 Å². The van der Waals surface area contributed by atoms with Gasteiger partial charge in [-0.05, 0) is 60.5 Å². The van der Waals surface area contributed by atoms with Gasteiger partial charge in [0.2, 0.25) is 0 Å². The van der Waals surface area contributed by atoms with Crippen molar-refractivity contribution < 1.29 is 14.0 Å². The molecule has 184 valence electrons. The van der Waals surface area contributed by atoms with Crippen molar-refractivity contribution in [2.24, 2.45) is 0 Å². The van der Waals surface area contributed by atoms with Gasteiger partial charge in [-0.25, -0.2) is 4.79 Å².